The van der Waals surface area contributed by atoms with Crippen molar-refractivity contribution in [3.63, 3.8) is 0 Å². The first-order valence-corrected chi connectivity index (χ1v) is 10.7. The van der Waals surface area contributed by atoms with Crippen LogP contribution in [0.4, 0.5) is 0 Å². The molecular weight excluding hydrogens is 353 g/mol. The van der Waals surface area contributed by atoms with Crippen LogP contribution in [0.25, 0.3) is 0 Å². The topological polar surface area (TPSA) is 21.7 Å². The molecule has 0 amide bonds. The van der Waals surface area contributed by atoms with Crippen LogP contribution in [0.3, 0.4) is 0 Å². The van der Waals surface area contributed by atoms with Crippen LogP contribution in [0.5, 0.6) is 0 Å². The number of nitrogens with zero attached hydrogens (tertiary/aromatic N) is 1. The average molecular weight is 382 g/mol. The van der Waals surface area contributed by atoms with Crippen molar-refractivity contribution in [2.24, 2.45) is 0 Å². The van der Waals surface area contributed by atoms with Crippen molar-refractivity contribution in [3.05, 3.63) is 29.8 Å². The van der Waals surface area contributed by atoms with Gasteiger partial charge in [-0.3, -0.25) is 0 Å². The van der Waals surface area contributed by atoms with E-state index in [1.54, 1.807) is 0 Å². The SMILES string of the molecule is C[C@H](c1ccccc1[Se][C@@H]1CCCO[C@@]12CCCCO2)N(C)C. The molecule has 2 saturated heterocycles. The zero-order valence-electron chi connectivity index (χ0n) is 14.6. The molecule has 3 nitrogen and oxygen atoms in total. The van der Waals surface area contributed by atoms with Crippen LogP contribution >= 0.6 is 0 Å². The summed E-state index contributed by atoms with van der Waals surface area (Å²) < 4.78 is 14.0. The van der Waals surface area contributed by atoms with Crippen LogP contribution < -0.4 is 4.46 Å². The predicted molar refractivity (Wildman–Crippen MR) is 95.4 cm³/mol. The van der Waals surface area contributed by atoms with Gasteiger partial charge in [-0.1, -0.05) is 0 Å². The summed E-state index contributed by atoms with van der Waals surface area (Å²) in [6.45, 7) is 4.02. The zero-order valence-corrected chi connectivity index (χ0v) is 16.3. The summed E-state index contributed by atoms with van der Waals surface area (Å²) in [6.07, 6.45) is 5.90. The molecule has 128 valence electrons. The van der Waals surface area contributed by atoms with Gasteiger partial charge in [-0.25, -0.2) is 0 Å². The molecule has 3 rings (SSSR count). The third-order valence-electron chi connectivity index (χ3n) is 5.13. The summed E-state index contributed by atoms with van der Waals surface area (Å²) in [5.74, 6) is -0.287. The number of rotatable bonds is 4. The molecule has 0 unspecified atom stereocenters. The fraction of sp³-hybridized carbons (Fsp3) is 0.684. The van der Waals surface area contributed by atoms with E-state index in [0.29, 0.717) is 25.8 Å². The Labute approximate surface area is 146 Å². The molecule has 2 aliphatic rings. The van der Waals surface area contributed by atoms with Gasteiger partial charge in [0.1, 0.15) is 0 Å². The van der Waals surface area contributed by atoms with Crippen molar-refractivity contribution >= 4 is 19.4 Å². The van der Waals surface area contributed by atoms with Crippen molar-refractivity contribution in [3.8, 4) is 0 Å². The fourth-order valence-electron chi connectivity index (χ4n) is 3.50. The van der Waals surface area contributed by atoms with E-state index in [-0.39, 0.29) is 5.79 Å². The fourth-order valence-corrected chi connectivity index (χ4v) is 6.76. The van der Waals surface area contributed by atoms with Gasteiger partial charge >= 0.3 is 147 Å². The quantitative estimate of drug-likeness (QED) is 0.747. The van der Waals surface area contributed by atoms with Gasteiger partial charge in [0.2, 0.25) is 0 Å². The van der Waals surface area contributed by atoms with Crippen LogP contribution in [0.1, 0.15) is 50.6 Å². The number of ether oxygens (including phenoxy) is 2. The molecule has 3 atom stereocenters. The molecule has 4 heteroatoms. The first-order valence-electron chi connectivity index (χ1n) is 8.82. The second-order valence-electron chi connectivity index (χ2n) is 6.89. The maximum atomic E-state index is 6.22. The average Bonchev–Trinajstić information content (AvgIpc) is 2.58. The Morgan fingerprint density at radius 1 is 1.13 bits per heavy atom. The van der Waals surface area contributed by atoms with Gasteiger partial charge < -0.3 is 0 Å². The Morgan fingerprint density at radius 3 is 2.57 bits per heavy atom. The van der Waals surface area contributed by atoms with E-state index in [2.05, 4.69) is 50.2 Å². The molecule has 1 aromatic carbocycles. The number of hydrogen-bond acceptors (Lipinski definition) is 3. The molecule has 0 aliphatic carbocycles. The Hall–Kier alpha value is -0.381. The van der Waals surface area contributed by atoms with Crippen molar-refractivity contribution in [2.45, 2.75) is 55.7 Å². The molecule has 0 radical (unpaired) electrons. The predicted octanol–water partition coefficient (Wildman–Crippen LogP) is 3.13. The monoisotopic (exact) mass is 383 g/mol. The molecule has 0 N–H and O–H groups in total. The number of hydrogen-bond donors (Lipinski definition) is 0. The Bertz CT molecular complexity index is 506. The molecule has 0 aromatic heterocycles. The van der Waals surface area contributed by atoms with Crippen LogP contribution in [-0.4, -0.2) is 53.0 Å². The van der Waals surface area contributed by atoms with Gasteiger partial charge in [0.25, 0.3) is 0 Å². The molecule has 1 aromatic rings. The molecule has 0 bridgehead atoms. The van der Waals surface area contributed by atoms with Crippen molar-refractivity contribution in [1.82, 2.24) is 4.90 Å². The summed E-state index contributed by atoms with van der Waals surface area (Å²) in [4.78, 5) is 2.83. The third-order valence-corrected chi connectivity index (χ3v) is 8.28. The van der Waals surface area contributed by atoms with E-state index >= 15 is 0 Å². The molecule has 23 heavy (non-hydrogen) atoms. The first-order chi connectivity index (χ1) is 11.1. The summed E-state index contributed by atoms with van der Waals surface area (Å²) in [5, 5.41) is 0. The van der Waals surface area contributed by atoms with Crippen LogP contribution in [0, 0.1) is 0 Å². The van der Waals surface area contributed by atoms with E-state index in [0.717, 1.165) is 19.6 Å². The Morgan fingerprint density at radius 2 is 1.87 bits per heavy atom. The maximum absolute atomic E-state index is 6.22. The molecule has 2 heterocycles. The summed E-state index contributed by atoms with van der Waals surface area (Å²) in [7, 11) is 4.31. The molecule has 2 fully saturated rings. The molecule has 0 saturated carbocycles. The van der Waals surface area contributed by atoms with Crippen molar-refractivity contribution in [1.29, 1.82) is 0 Å². The van der Waals surface area contributed by atoms with E-state index in [4.69, 9.17) is 9.47 Å². The zero-order chi connectivity index (χ0) is 16.3. The molecule has 2 aliphatic heterocycles. The summed E-state index contributed by atoms with van der Waals surface area (Å²) >= 11 is 0.388. The van der Waals surface area contributed by atoms with E-state index in [9.17, 15) is 0 Å². The van der Waals surface area contributed by atoms with Gasteiger partial charge in [0.15, 0.2) is 0 Å². The minimum absolute atomic E-state index is 0.287. The van der Waals surface area contributed by atoms with Gasteiger partial charge in [-0.15, -0.1) is 0 Å². The van der Waals surface area contributed by atoms with Crippen LogP contribution in [0.15, 0.2) is 24.3 Å². The standard InChI is InChI=1S/C19H29NO2Se/c1-15(20(2)3)16-9-4-5-10-17(16)23-18-11-8-14-22-19(18)12-6-7-13-21-19/h4-5,9-10,15,18H,6-8,11-14H2,1-3H3/t15-,18-,19+/m1/s1. The molecular formula is C19H29NO2Se. The Kier molecular flexibility index (Phi) is 5.82. The van der Waals surface area contributed by atoms with Crippen molar-refractivity contribution < 1.29 is 9.47 Å². The number of benzene rings is 1. The van der Waals surface area contributed by atoms with Crippen LogP contribution in [-0.2, 0) is 9.47 Å². The van der Waals surface area contributed by atoms with Crippen molar-refractivity contribution in [2.75, 3.05) is 27.3 Å². The molecule has 1 spiro atoms. The Balaban J connectivity index is 1.82. The second kappa shape index (κ2) is 7.67. The van der Waals surface area contributed by atoms with Gasteiger partial charge in [0, 0.05) is 0 Å². The van der Waals surface area contributed by atoms with Gasteiger partial charge in [0.05, 0.1) is 0 Å². The minimum atomic E-state index is -0.287. The van der Waals surface area contributed by atoms with E-state index in [1.807, 2.05) is 0 Å². The first kappa shape index (κ1) is 17.4. The second-order valence-corrected chi connectivity index (χ2v) is 9.50. The third kappa shape index (κ3) is 3.83. The normalized spacial score (nSPS) is 29.8. The van der Waals surface area contributed by atoms with E-state index in [1.165, 1.54) is 35.7 Å². The van der Waals surface area contributed by atoms with Gasteiger partial charge in [-0.2, -0.15) is 0 Å². The van der Waals surface area contributed by atoms with E-state index < -0.39 is 0 Å². The van der Waals surface area contributed by atoms with Gasteiger partial charge in [-0.05, 0) is 0 Å². The summed E-state index contributed by atoms with van der Waals surface area (Å²) in [6, 6.07) is 9.40. The van der Waals surface area contributed by atoms with Crippen LogP contribution in [0.2, 0.25) is 4.82 Å². The summed E-state index contributed by atoms with van der Waals surface area (Å²) in [5.41, 5.74) is 1.47.